The van der Waals surface area contributed by atoms with Gasteiger partial charge in [-0.05, 0) is 42.7 Å². The fourth-order valence-electron chi connectivity index (χ4n) is 4.78. The van der Waals surface area contributed by atoms with Crippen molar-refractivity contribution in [2.24, 2.45) is 0 Å². The minimum atomic E-state index is -0.0842. The lowest BCUT2D eigenvalue weighted by molar-refractivity contribution is 0.203. The molecule has 0 fully saturated rings. The molecule has 0 saturated heterocycles. The lowest BCUT2D eigenvalue weighted by atomic mass is 9.98. The molecule has 162 valence electrons. The van der Waals surface area contributed by atoms with Crippen molar-refractivity contribution >= 4 is 27.2 Å². The standard InChI is InChI=1S/C24H23N5O2S/c1-14-25-24-29(27-14)23(30)22(32-24)21(15-6-4-3-5-7-15)28-11-10-17-18-12-16(31-2)8-9-19(18)26-20(17)13-28/h3-9,12,21,26,30H,10-11,13H2,1-2H3. The van der Waals surface area contributed by atoms with Gasteiger partial charge in [0.25, 0.3) is 0 Å². The molecule has 1 atom stereocenters. The summed E-state index contributed by atoms with van der Waals surface area (Å²) >= 11 is 1.50. The van der Waals surface area contributed by atoms with Gasteiger partial charge < -0.3 is 14.8 Å². The van der Waals surface area contributed by atoms with E-state index in [0.29, 0.717) is 10.8 Å². The third kappa shape index (κ3) is 2.98. The Hall–Kier alpha value is -3.36. The molecule has 0 bridgehead atoms. The van der Waals surface area contributed by atoms with Gasteiger partial charge in [0.1, 0.15) is 11.6 Å². The van der Waals surface area contributed by atoms with Crippen molar-refractivity contribution < 1.29 is 9.84 Å². The van der Waals surface area contributed by atoms with Gasteiger partial charge in [-0.15, -0.1) is 5.10 Å². The summed E-state index contributed by atoms with van der Waals surface area (Å²) in [6.45, 7) is 3.48. The molecule has 0 radical (unpaired) electrons. The quantitative estimate of drug-likeness (QED) is 0.428. The lowest BCUT2D eigenvalue weighted by Crippen LogP contribution is -2.34. The Kier molecular flexibility index (Phi) is 4.44. The number of aromatic hydroxyl groups is 1. The number of ether oxygens (including phenoxy) is 1. The number of nitrogens with zero attached hydrogens (tertiary/aromatic N) is 4. The summed E-state index contributed by atoms with van der Waals surface area (Å²) < 4.78 is 6.99. The van der Waals surface area contributed by atoms with Crippen LogP contribution in [-0.2, 0) is 13.0 Å². The highest BCUT2D eigenvalue weighted by Crippen LogP contribution is 2.42. The Morgan fingerprint density at radius 3 is 2.81 bits per heavy atom. The molecule has 0 amide bonds. The van der Waals surface area contributed by atoms with Crippen LogP contribution in [0.2, 0.25) is 0 Å². The van der Waals surface area contributed by atoms with Gasteiger partial charge in [-0.25, -0.2) is 4.98 Å². The Labute approximate surface area is 188 Å². The van der Waals surface area contributed by atoms with E-state index >= 15 is 0 Å². The summed E-state index contributed by atoms with van der Waals surface area (Å²) in [6.07, 6.45) is 0.923. The molecule has 1 aliphatic heterocycles. The van der Waals surface area contributed by atoms with E-state index in [4.69, 9.17) is 4.74 Å². The molecule has 7 nitrogen and oxygen atoms in total. The molecule has 1 unspecified atom stereocenters. The first-order valence-electron chi connectivity index (χ1n) is 10.6. The average molecular weight is 446 g/mol. The Balaban J connectivity index is 1.44. The highest BCUT2D eigenvalue weighted by atomic mass is 32.1. The van der Waals surface area contributed by atoms with Crippen LogP contribution in [0.4, 0.5) is 0 Å². The van der Waals surface area contributed by atoms with E-state index in [1.165, 1.54) is 28.0 Å². The van der Waals surface area contributed by atoms with Gasteiger partial charge in [-0.3, -0.25) is 4.90 Å². The van der Waals surface area contributed by atoms with E-state index < -0.39 is 0 Å². The second-order valence-electron chi connectivity index (χ2n) is 8.17. The van der Waals surface area contributed by atoms with Crippen molar-refractivity contribution in [2.75, 3.05) is 13.7 Å². The van der Waals surface area contributed by atoms with E-state index in [-0.39, 0.29) is 11.9 Å². The predicted octanol–water partition coefficient (Wildman–Crippen LogP) is 4.44. The van der Waals surface area contributed by atoms with Gasteiger partial charge in [0.2, 0.25) is 10.8 Å². The van der Waals surface area contributed by atoms with E-state index in [0.717, 1.165) is 41.2 Å². The summed E-state index contributed by atoms with van der Waals surface area (Å²) in [5, 5.41) is 16.6. The van der Waals surface area contributed by atoms with E-state index in [9.17, 15) is 5.11 Å². The number of nitrogens with one attached hydrogen (secondary N) is 1. The largest absolute Gasteiger partial charge is 0.497 e. The first-order valence-corrected chi connectivity index (χ1v) is 11.5. The van der Waals surface area contributed by atoms with Crippen molar-refractivity contribution in [1.82, 2.24) is 24.5 Å². The third-order valence-electron chi connectivity index (χ3n) is 6.25. The van der Waals surface area contributed by atoms with Gasteiger partial charge in [-0.2, -0.15) is 4.52 Å². The van der Waals surface area contributed by atoms with Gasteiger partial charge in [-0.1, -0.05) is 41.7 Å². The first kappa shape index (κ1) is 19.3. The molecule has 4 heterocycles. The van der Waals surface area contributed by atoms with Crippen LogP contribution in [0.15, 0.2) is 48.5 Å². The molecule has 1 aliphatic rings. The number of aromatic nitrogens is 4. The van der Waals surface area contributed by atoms with Crippen LogP contribution in [0, 0.1) is 6.92 Å². The maximum atomic E-state index is 11.1. The van der Waals surface area contributed by atoms with Crippen molar-refractivity contribution in [3.05, 3.63) is 76.1 Å². The van der Waals surface area contributed by atoms with Crippen LogP contribution in [-0.4, -0.2) is 43.2 Å². The summed E-state index contributed by atoms with van der Waals surface area (Å²) in [5.74, 6) is 1.70. The van der Waals surface area contributed by atoms with Crippen molar-refractivity contribution in [3.63, 3.8) is 0 Å². The van der Waals surface area contributed by atoms with Crippen LogP contribution in [0.1, 0.15) is 33.6 Å². The van der Waals surface area contributed by atoms with E-state index in [2.05, 4.69) is 44.2 Å². The zero-order chi connectivity index (χ0) is 21.8. The molecule has 2 aromatic carbocycles. The number of aryl methyl sites for hydroxylation is 1. The summed E-state index contributed by atoms with van der Waals surface area (Å²) in [6, 6.07) is 16.5. The lowest BCUT2D eigenvalue weighted by Gasteiger charge is -2.34. The molecular formula is C24H23N5O2S. The number of rotatable bonds is 4. The number of fused-ring (bicyclic) bond motifs is 4. The number of thiazole rings is 1. The van der Waals surface area contributed by atoms with Gasteiger partial charge in [0, 0.05) is 29.7 Å². The van der Waals surface area contributed by atoms with Gasteiger partial charge in [0.15, 0.2) is 0 Å². The van der Waals surface area contributed by atoms with Crippen molar-refractivity contribution in [3.8, 4) is 11.6 Å². The normalized spacial score (nSPS) is 15.3. The number of benzene rings is 2. The Morgan fingerprint density at radius 1 is 1.19 bits per heavy atom. The van der Waals surface area contributed by atoms with Crippen LogP contribution in [0.5, 0.6) is 11.6 Å². The molecule has 0 aliphatic carbocycles. The number of aromatic amines is 1. The summed E-state index contributed by atoms with van der Waals surface area (Å²) in [4.78, 5) is 12.1. The fourth-order valence-corrected chi connectivity index (χ4v) is 5.94. The predicted molar refractivity (Wildman–Crippen MR) is 125 cm³/mol. The molecule has 32 heavy (non-hydrogen) atoms. The molecule has 2 N–H and O–H groups in total. The average Bonchev–Trinajstić information content (AvgIpc) is 3.45. The molecule has 0 saturated carbocycles. The number of hydrogen-bond donors (Lipinski definition) is 2. The molecule has 3 aromatic heterocycles. The monoisotopic (exact) mass is 445 g/mol. The third-order valence-corrected chi connectivity index (χ3v) is 7.32. The maximum Gasteiger partial charge on any atom is 0.230 e. The van der Waals surface area contributed by atoms with Crippen LogP contribution < -0.4 is 4.74 Å². The zero-order valence-corrected chi connectivity index (χ0v) is 18.7. The van der Waals surface area contributed by atoms with Crippen LogP contribution in [0.25, 0.3) is 15.9 Å². The first-order chi connectivity index (χ1) is 15.6. The molecule has 6 rings (SSSR count). The second kappa shape index (κ2) is 7.36. The SMILES string of the molecule is COc1ccc2[nH]c3c(c2c1)CCN(C(c1ccccc1)c1sc2nc(C)nn2c1O)C3. The molecule has 0 spiro atoms. The minimum absolute atomic E-state index is 0.0842. The van der Waals surface area contributed by atoms with E-state index in [1.54, 1.807) is 11.6 Å². The summed E-state index contributed by atoms with van der Waals surface area (Å²) in [5.41, 5.74) is 4.84. The van der Waals surface area contributed by atoms with E-state index in [1.807, 2.05) is 31.2 Å². The van der Waals surface area contributed by atoms with Crippen LogP contribution in [0.3, 0.4) is 0 Å². The highest BCUT2D eigenvalue weighted by Gasteiger charge is 2.32. The topological polar surface area (TPSA) is 78.7 Å². The van der Waals surface area contributed by atoms with Crippen molar-refractivity contribution in [2.45, 2.75) is 25.9 Å². The second-order valence-corrected chi connectivity index (χ2v) is 9.18. The number of methoxy groups -OCH3 is 1. The van der Waals surface area contributed by atoms with Gasteiger partial charge in [0.05, 0.1) is 18.0 Å². The Bertz CT molecular complexity index is 1440. The van der Waals surface area contributed by atoms with Crippen molar-refractivity contribution in [1.29, 1.82) is 0 Å². The van der Waals surface area contributed by atoms with Crippen LogP contribution >= 0.6 is 11.3 Å². The zero-order valence-electron chi connectivity index (χ0n) is 17.9. The number of H-pyrrole nitrogens is 1. The highest BCUT2D eigenvalue weighted by molar-refractivity contribution is 7.17. The summed E-state index contributed by atoms with van der Waals surface area (Å²) in [7, 11) is 1.70. The minimum Gasteiger partial charge on any atom is -0.497 e. The fraction of sp³-hybridized carbons (Fsp3) is 0.250. The smallest absolute Gasteiger partial charge is 0.230 e. The maximum absolute atomic E-state index is 11.1. The van der Waals surface area contributed by atoms with Gasteiger partial charge >= 0.3 is 0 Å². The molecule has 5 aromatic rings. The Morgan fingerprint density at radius 2 is 2.03 bits per heavy atom. The molecule has 8 heteroatoms. The molecular weight excluding hydrogens is 422 g/mol. The number of hydrogen-bond acceptors (Lipinski definition) is 6.